The molecule has 0 bridgehead atoms. The number of allylic oxidation sites excluding steroid dienone is 4. The van der Waals surface area contributed by atoms with Gasteiger partial charge in [0.05, 0.1) is 11.1 Å². The van der Waals surface area contributed by atoms with Crippen molar-refractivity contribution in [2.24, 2.45) is 5.92 Å². The molecule has 0 radical (unpaired) electrons. The first-order valence-electron chi connectivity index (χ1n) is 12.0. The van der Waals surface area contributed by atoms with Gasteiger partial charge in [0.1, 0.15) is 5.82 Å². The molecule has 3 unspecified atom stereocenters. The van der Waals surface area contributed by atoms with Crippen LogP contribution in [0.5, 0.6) is 0 Å². The van der Waals surface area contributed by atoms with Crippen LogP contribution in [0.4, 0.5) is 5.82 Å². The van der Waals surface area contributed by atoms with E-state index in [0.717, 1.165) is 22.6 Å². The fourth-order valence-corrected chi connectivity index (χ4v) is 5.24. The smallest absolute Gasteiger partial charge is 0.237 e. The number of hydrogen-bond acceptors (Lipinski definition) is 5. The van der Waals surface area contributed by atoms with Crippen LogP contribution >= 0.6 is 0 Å². The number of aromatic nitrogens is 1. The first-order chi connectivity index (χ1) is 16.5. The lowest BCUT2D eigenvalue weighted by Crippen LogP contribution is -2.31. The summed E-state index contributed by atoms with van der Waals surface area (Å²) < 4.78 is 0. The number of nitrogens with zero attached hydrogens (tertiary/aromatic N) is 1. The molecule has 2 fully saturated rings. The summed E-state index contributed by atoms with van der Waals surface area (Å²) in [5.41, 5.74) is 3.50. The lowest BCUT2D eigenvalue weighted by molar-refractivity contribution is -0.120. The van der Waals surface area contributed by atoms with Crippen LogP contribution in [0.25, 0.3) is 0 Å². The van der Waals surface area contributed by atoms with Crippen molar-refractivity contribution in [3.8, 4) is 0 Å². The number of fused-ring (bicyclic) bond motifs is 2. The largest absolute Gasteiger partial charge is 0.310 e. The summed E-state index contributed by atoms with van der Waals surface area (Å²) in [4.78, 5) is 27.4. The van der Waals surface area contributed by atoms with Gasteiger partial charge in [-0.2, -0.15) is 0 Å². The van der Waals surface area contributed by atoms with Gasteiger partial charge in [0, 0.05) is 17.8 Å². The first kappa shape index (κ1) is 23.8. The first-order valence-corrected chi connectivity index (χ1v) is 12.0. The van der Waals surface area contributed by atoms with E-state index in [-0.39, 0.29) is 11.6 Å². The van der Waals surface area contributed by atoms with Crippen LogP contribution in [0.15, 0.2) is 72.0 Å². The van der Waals surface area contributed by atoms with E-state index in [1.807, 2.05) is 25.1 Å². The van der Waals surface area contributed by atoms with E-state index in [1.165, 1.54) is 24.9 Å². The number of nitrogens with one attached hydrogen (secondary N) is 3. The minimum atomic E-state index is -0.652. The number of pyridine rings is 1. The van der Waals surface area contributed by atoms with Crippen molar-refractivity contribution < 1.29 is 9.59 Å². The zero-order valence-corrected chi connectivity index (χ0v) is 19.8. The summed E-state index contributed by atoms with van der Waals surface area (Å²) in [6.07, 6.45) is 9.34. The molecule has 5 rings (SSSR count). The average molecular weight is 457 g/mol. The van der Waals surface area contributed by atoms with E-state index in [4.69, 9.17) is 5.41 Å². The Bertz CT molecular complexity index is 1140. The van der Waals surface area contributed by atoms with Gasteiger partial charge >= 0.3 is 0 Å². The lowest BCUT2D eigenvalue weighted by Gasteiger charge is -2.19. The normalized spacial score (nSPS) is 27.4. The Balaban J connectivity index is 0.000000180. The molecule has 1 saturated carbocycles. The maximum absolute atomic E-state index is 12.5. The third kappa shape index (κ3) is 4.64. The van der Waals surface area contributed by atoms with E-state index in [0.29, 0.717) is 31.0 Å². The monoisotopic (exact) mass is 456 g/mol. The Morgan fingerprint density at radius 3 is 2.62 bits per heavy atom. The van der Waals surface area contributed by atoms with Gasteiger partial charge < -0.3 is 10.6 Å². The Kier molecular flexibility index (Phi) is 7.17. The van der Waals surface area contributed by atoms with Crippen LogP contribution in [0, 0.1) is 11.3 Å². The third-order valence-corrected chi connectivity index (χ3v) is 7.19. The predicted octanol–water partition coefficient (Wildman–Crippen LogP) is 4.90. The summed E-state index contributed by atoms with van der Waals surface area (Å²) in [6, 6.07) is 15.1. The molecular weight excluding hydrogens is 424 g/mol. The minimum Gasteiger partial charge on any atom is -0.310 e. The molecule has 2 aliphatic heterocycles. The Labute approximate surface area is 201 Å². The zero-order valence-electron chi connectivity index (χ0n) is 19.8. The summed E-state index contributed by atoms with van der Waals surface area (Å²) in [7, 11) is 0. The van der Waals surface area contributed by atoms with Gasteiger partial charge in [-0.05, 0) is 67.5 Å². The molecule has 3 atom stereocenters. The maximum atomic E-state index is 12.5. The predicted molar refractivity (Wildman–Crippen MR) is 135 cm³/mol. The highest BCUT2D eigenvalue weighted by atomic mass is 16.2. The zero-order chi connectivity index (χ0) is 24.1. The van der Waals surface area contributed by atoms with Crippen LogP contribution in [0.2, 0.25) is 0 Å². The van der Waals surface area contributed by atoms with Crippen LogP contribution < -0.4 is 10.6 Å². The molecule has 3 heterocycles. The quantitative estimate of drug-likeness (QED) is 0.450. The van der Waals surface area contributed by atoms with Crippen LogP contribution in [0.3, 0.4) is 0 Å². The van der Waals surface area contributed by atoms with E-state index in [9.17, 15) is 9.59 Å². The summed E-state index contributed by atoms with van der Waals surface area (Å²) in [6.45, 7) is 5.37. The van der Waals surface area contributed by atoms with Crippen molar-refractivity contribution in [1.82, 2.24) is 10.3 Å². The molecule has 1 saturated heterocycles. The highest BCUT2D eigenvalue weighted by molar-refractivity contribution is 6.32. The fraction of sp³-hybridized carbons (Fsp3) is 0.357. The lowest BCUT2D eigenvalue weighted by atomic mass is 9.80. The number of benzene rings is 1. The van der Waals surface area contributed by atoms with E-state index in [2.05, 4.69) is 52.9 Å². The molecule has 1 aromatic carbocycles. The number of carbonyl (C=O) groups is 2. The molecule has 1 amide bonds. The number of amides is 1. The van der Waals surface area contributed by atoms with Crippen molar-refractivity contribution in [3.05, 3.63) is 83.1 Å². The minimum absolute atomic E-state index is 0.0587. The highest BCUT2D eigenvalue weighted by Crippen LogP contribution is 2.52. The molecule has 2 aromatic rings. The van der Waals surface area contributed by atoms with Gasteiger partial charge in [-0.1, -0.05) is 55.8 Å². The summed E-state index contributed by atoms with van der Waals surface area (Å²) in [5.74, 6) is 1.44. The Hall–Kier alpha value is -3.38. The number of aldehydes is 1. The molecule has 3 N–H and O–H groups in total. The molecule has 176 valence electrons. The molecule has 1 aromatic heterocycles. The SMILES string of the molecule is C/C=C1/CC2(C/C1=C/C(=N)C=O)C(=O)Nc1ncccc12.CCC1CNC(c2ccccc2)C1. The molecule has 3 aliphatic rings. The van der Waals surface area contributed by atoms with E-state index < -0.39 is 5.41 Å². The molecule has 1 aliphatic carbocycles. The van der Waals surface area contributed by atoms with Crippen LogP contribution in [-0.2, 0) is 15.0 Å². The van der Waals surface area contributed by atoms with Crippen molar-refractivity contribution >= 4 is 23.7 Å². The second kappa shape index (κ2) is 10.3. The van der Waals surface area contributed by atoms with Gasteiger partial charge in [0.25, 0.3) is 0 Å². The van der Waals surface area contributed by atoms with Crippen molar-refractivity contribution in [2.45, 2.75) is 51.0 Å². The topological polar surface area (TPSA) is 94.9 Å². The van der Waals surface area contributed by atoms with Gasteiger partial charge in [-0.25, -0.2) is 4.98 Å². The standard InChI is InChI=1S/C16H15N3O2.C12H17N/c1-2-10-7-16(8-11(10)6-12(17)9-20)13-4-3-5-18-14(13)19-15(16)21;1-2-10-8-12(13-9-10)11-6-4-3-5-7-11/h2-6,9,17H,7-8H2,1H3,(H,18,19,21);3-7,10,12-13H,2,8-9H2,1H3/b10-2-,11-6-,17-12?;. The van der Waals surface area contributed by atoms with E-state index in [1.54, 1.807) is 12.3 Å². The summed E-state index contributed by atoms with van der Waals surface area (Å²) in [5, 5.41) is 13.9. The number of hydrogen-bond donors (Lipinski definition) is 3. The molecule has 6 nitrogen and oxygen atoms in total. The van der Waals surface area contributed by atoms with E-state index >= 15 is 0 Å². The number of carbonyl (C=O) groups excluding carboxylic acids is 2. The van der Waals surface area contributed by atoms with Gasteiger partial charge in [-0.15, -0.1) is 0 Å². The highest BCUT2D eigenvalue weighted by Gasteiger charge is 2.52. The third-order valence-electron chi connectivity index (χ3n) is 7.19. The van der Waals surface area contributed by atoms with Crippen LogP contribution in [0.1, 0.15) is 56.7 Å². The van der Waals surface area contributed by atoms with Gasteiger partial charge in [-0.3, -0.25) is 15.0 Å². The Morgan fingerprint density at radius 2 is 1.94 bits per heavy atom. The molecular formula is C28H32N4O2. The van der Waals surface area contributed by atoms with Crippen LogP contribution in [-0.4, -0.2) is 29.4 Å². The molecule has 1 spiro atoms. The van der Waals surface area contributed by atoms with Crippen molar-refractivity contribution in [3.63, 3.8) is 0 Å². The second-order valence-corrected chi connectivity index (χ2v) is 9.23. The number of anilines is 1. The summed E-state index contributed by atoms with van der Waals surface area (Å²) >= 11 is 0. The number of rotatable bonds is 4. The van der Waals surface area contributed by atoms with Crippen molar-refractivity contribution in [2.75, 3.05) is 11.9 Å². The van der Waals surface area contributed by atoms with Crippen molar-refractivity contribution in [1.29, 1.82) is 5.41 Å². The Morgan fingerprint density at radius 1 is 1.18 bits per heavy atom. The second-order valence-electron chi connectivity index (χ2n) is 9.23. The maximum Gasteiger partial charge on any atom is 0.237 e. The molecule has 34 heavy (non-hydrogen) atoms. The average Bonchev–Trinajstić information content (AvgIpc) is 3.57. The molecule has 6 heteroatoms. The van der Waals surface area contributed by atoms with Gasteiger partial charge in [0.2, 0.25) is 5.91 Å². The van der Waals surface area contributed by atoms with Gasteiger partial charge in [0.15, 0.2) is 6.29 Å². The fourth-order valence-electron chi connectivity index (χ4n) is 5.24.